The van der Waals surface area contributed by atoms with E-state index in [1.54, 1.807) is 30.3 Å². The Morgan fingerprint density at radius 2 is 1.79 bits per heavy atom. The summed E-state index contributed by atoms with van der Waals surface area (Å²) in [6.07, 6.45) is 0. The number of primary amides is 1. The van der Waals surface area contributed by atoms with Crippen LogP contribution in [0, 0.1) is 0 Å². The van der Waals surface area contributed by atoms with Crippen LogP contribution in [0.25, 0.3) is 0 Å². The highest BCUT2D eigenvalue weighted by molar-refractivity contribution is 7.77. The number of carbonyl (C=O) groups excluding carboxylic acids is 2. The normalized spacial score (nSPS) is 15.0. The van der Waals surface area contributed by atoms with Crippen molar-refractivity contribution in [2.75, 3.05) is 31.6 Å². The Balaban J connectivity index is 0.000000218. The number of hydrogen-bond donors (Lipinski definition) is 3. The molecular weight excluding hydrogens is 266 g/mol. The maximum Gasteiger partial charge on any atom is 0.313 e. The van der Waals surface area contributed by atoms with Crippen molar-refractivity contribution in [3.63, 3.8) is 0 Å². The van der Waals surface area contributed by atoms with Crippen LogP contribution >= 0.6 is 12.8 Å². The summed E-state index contributed by atoms with van der Waals surface area (Å²) in [5.41, 5.74) is 5.29. The van der Waals surface area contributed by atoms with Gasteiger partial charge in [-0.05, 0) is 12.1 Å². The summed E-state index contributed by atoms with van der Waals surface area (Å²) in [5, 5.41) is 2.33. The molecule has 0 spiro atoms. The van der Waals surface area contributed by atoms with Crippen LogP contribution in [0.3, 0.4) is 0 Å². The van der Waals surface area contributed by atoms with Crippen molar-refractivity contribution in [3.05, 3.63) is 30.3 Å². The second-order valence-electron chi connectivity index (χ2n) is 3.75. The van der Waals surface area contributed by atoms with Gasteiger partial charge in [-0.25, -0.2) is 4.31 Å². The van der Waals surface area contributed by atoms with Crippen LogP contribution in [-0.2, 0) is 14.3 Å². The lowest BCUT2D eigenvalue weighted by Crippen LogP contribution is -2.29. The molecule has 1 aromatic rings. The van der Waals surface area contributed by atoms with Gasteiger partial charge in [0.15, 0.2) is 0 Å². The van der Waals surface area contributed by atoms with Crippen LogP contribution in [0.1, 0.15) is 0 Å². The van der Waals surface area contributed by atoms with Gasteiger partial charge in [0, 0.05) is 18.8 Å². The van der Waals surface area contributed by atoms with Crippen molar-refractivity contribution in [1.29, 1.82) is 0 Å². The van der Waals surface area contributed by atoms with E-state index in [0.29, 0.717) is 5.69 Å². The smallest absolute Gasteiger partial charge is 0.313 e. The minimum atomic E-state index is -0.987. The van der Waals surface area contributed by atoms with Gasteiger partial charge in [0.05, 0.1) is 13.2 Å². The highest BCUT2D eigenvalue weighted by Crippen LogP contribution is 2.03. The van der Waals surface area contributed by atoms with Gasteiger partial charge < -0.3 is 15.8 Å². The van der Waals surface area contributed by atoms with Crippen molar-refractivity contribution in [1.82, 2.24) is 4.31 Å². The first-order chi connectivity index (χ1) is 9.09. The molecule has 0 saturated carbocycles. The van der Waals surface area contributed by atoms with Gasteiger partial charge in [-0.2, -0.15) is 0 Å². The maximum absolute atomic E-state index is 10.7. The fourth-order valence-electron chi connectivity index (χ4n) is 1.27. The number of nitrogens with zero attached hydrogens (tertiary/aromatic N) is 1. The molecule has 0 bridgehead atoms. The number of rotatable bonds is 1. The van der Waals surface area contributed by atoms with Crippen LogP contribution in [0.2, 0.25) is 0 Å². The number of thiol groups is 1. The van der Waals surface area contributed by atoms with Gasteiger partial charge >= 0.3 is 11.8 Å². The zero-order valence-corrected chi connectivity index (χ0v) is 11.3. The summed E-state index contributed by atoms with van der Waals surface area (Å²) in [6, 6.07) is 8.63. The molecule has 7 heteroatoms. The summed E-state index contributed by atoms with van der Waals surface area (Å²) in [7, 11) is 0. The van der Waals surface area contributed by atoms with Crippen LogP contribution in [-0.4, -0.2) is 42.4 Å². The van der Waals surface area contributed by atoms with Crippen molar-refractivity contribution in [3.8, 4) is 0 Å². The van der Waals surface area contributed by atoms with E-state index < -0.39 is 11.8 Å². The Hall–Kier alpha value is -1.57. The molecule has 2 amide bonds. The van der Waals surface area contributed by atoms with E-state index in [1.165, 1.54) is 0 Å². The zero-order chi connectivity index (χ0) is 14.1. The first-order valence-electron chi connectivity index (χ1n) is 5.77. The third kappa shape index (κ3) is 6.80. The van der Waals surface area contributed by atoms with Crippen LogP contribution in [0.15, 0.2) is 30.3 Å². The average molecular weight is 283 g/mol. The molecule has 0 aliphatic carbocycles. The molecule has 1 heterocycles. The maximum atomic E-state index is 10.7. The summed E-state index contributed by atoms with van der Waals surface area (Å²) in [4.78, 5) is 21.0. The topological polar surface area (TPSA) is 84.7 Å². The number of benzene rings is 1. The Labute approximate surface area is 117 Å². The molecule has 19 heavy (non-hydrogen) atoms. The molecule has 2 rings (SSSR count). The Kier molecular flexibility index (Phi) is 6.94. The van der Waals surface area contributed by atoms with Gasteiger partial charge in [0.2, 0.25) is 0 Å². The molecule has 1 aromatic carbocycles. The summed E-state index contributed by atoms with van der Waals surface area (Å²) >= 11 is 4.11. The summed E-state index contributed by atoms with van der Waals surface area (Å²) in [6.45, 7) is 3.60. The third-order valence-electron chi connectivity index (χ3n) is 2.24. The highest BCUT2D eigenvalue weighted by atomic mass is 32.1. The van der Waals surface area contributed by atoms with Gasteiger partial charge in [0.1, 0.15) is 0 Å². The van der Waals surface area contributed by atoms with E-state index in [0.717, 1.165) is 26.3 Å². The van der Waals surface area contributed by atoms with E-state index in [1.807, 2.05) is 4.31 Å². The minimum absolute atomic E-state index is 0.557. The molecule has 1 saturated heterocycles. The van der Waals surface area contributed by atoms with Gasteiger partial charge in [-0.1, -0.05) is 31.0 Å². The van der Waals surface area contributed by atoms with E-state index in [4.69, 9.17) is 10.5 Å². The lowest BCUT2D eigenvalue weighted by Gasteiger charge is -2.19. The number of nitrogens with two attached hydrogens (primary N) is 1. The first-order valence-corrected chi connectivity index (χ1v) is 6.17. The third-order valence-corrected chi connectivity index (χ3v) is 2.64. The molecular formula is C12H17N3O3S. The number of amides is 2. The van der Waals surface area contributed by atoms with Crippen molar-refractivity contribution < 1.29 is 14.3 Å². The zero-order valence-electron chi connectivity index (χ0n) is 10.4. The number of carbonyl (C=O) groups is 2. The number of ether oxygens (including phenoxy) is 1. The fraction of sp³-hybridized carbons (Fsp3) is 0.333. The second kappa shape index (κ2) is 8.52. The molecule has 0 unspecified atom stereocenters. The number of hydrogen-bond acceptors (Lipinski definition) is 5. The van der Waals surface area contributed by atoms with Gasteiger partial charge in [-0.3, -0.25) is 9.59 Å². The standard InChI is InChI=1S/C8H8N2O2.C4H9NOS/c9-7(11)8(12)10-6-4-2-1-3-5-6;7-5-1-3-6-4-2-5/h1-5H,(H2,9,11)(H,10,12);7H,1-4H2. The molecule has 0 aromatic heterocycles. The van der Waals surface area contributed by atoms with E-state index in [2.05, 4.69) is 18.1 Å². The number of anilines is 1. The number of para-hydroxylation sites is 1. The van der Waals surface area contributed by atoms with E-state index in [9.17, 15) is 9.59 Å². The summed E-state index contributed by atoms with van der Waals surface area (Å²) in [5.74, 6) is -1.79. The lowest BCUT2D eigenvalue weighted by atomic mass is 10.3. The highest BCUT2D eigenvalue weighted by Gasteiger charge is 2.07. The molecule has 1 fully saturated rings. The van der Waals surface area contributed by atoms with E-state index >= 15 is 0 Å². The van der Waals surface area contributed by atoms with Crippen molar-refractivity contribution in [2.45, 2.75) is 0 Å². The van der Waals surface area contributed by atoms with Crippen LogP contribution < -0.4 is 11.1 Å². The molecule has 6 nitrogen and oxygen atoms in total. The predicted molar refractivity (Wildman–Crippen MR) is 75.6 cm³/mol. The van der Waals surface area contributed by atoms with Crippen molar-refractivity contribution in [2.24, 2.45) is 5.73 Å². The Bertz CT molecular complexity index is 408. The molecule has 3 N–H and O–H groups in total. The quantitative estimate of drug-likeness (QED) is 0.510. The lowest BCUT2D eigenvalue weighted by molar-refractivity contribution is -0.134. The van der Waals surface area contributed by atoms with Crippen LogP contribution in [0.4, 0.5) is 5.69 Å². The monoisotopic (exact) mass is 283 g/mol. The molecule has 1 aliphatic rings. The van der Waals surface area contributed by atoms with Crippen LogP contribution in [0.5, 0.6) is 0 Å². The fourth-order valence-corrected chi connectivity index (χ4v) is 1.43. The van der Waals surface area contributed by atoms with Gasteiger partial charge in [0.25, 0.3) is 0 Å². The molecule has 0 atom stereocenters. The van der Waals surface area contributed by atoms with Gasteiger partial charge in [-0.15, -0.1) is 0 Å². The molecule has 1 aliphatic heterocycles. The number of nitrogens with one attached hydrogen (secondary N) is 1. The molecule has 104 valence electrons. The Morgan fingerprint density at radius 1 is 1.21 bits per heavy atom. The van der Waals surface area contributed by atoms with E-state index in [-0.39, 0.29) is 0 Å². The SMILES string of the molecule is NC(=O)C(=O)Nc1ccccc1.SN1CCOCC1. The summed E-state index contributed by atoms with van der Waals surface area (Å²) < 4.78 is 7.01. The predicted octanol–water partition coefficient (Wildman–Crippen LogP) is 0.274. The minimum Gasteiger partial charge on any atom is -0.379 e. The number of morpholine rings is 1. The Morgan fingerprint density at radius 3 is 2.21 bits per heavy atom. The largest absolute Gasteiger partial charge is 0.379 e. The van der Waals surface area contributed by atoms with Crippen molar-refractivity contribution >= 4 is 30.3 Å². The second-order valence-corrected chi connectivity index (χ2v) is 4.32. The first kappa shape index (κ1) is 15.5. The molecule has 0 radical (unpaired) electrons. The average Bonchev–Trinajstić information content (AvgIpc) is 2.41.